The fourth-order valence-electron chi connectivity index (χ4n) is 2.28. The predicted octanol–water partition coefficient (Wildman–Crippen LogP) is 2.32. The minimum absolute atomic E-state index is 0.0517. The maximum Gasteiger partial charge on any atom is 0.280 e. The number of likely N-dealkylation sites (N-methyl/N-ethyl adjacent to an activating group) is 2. The van der Waals surface area contributed by atoms with Crippen molar-refractivity contribution in [2.24, 2.45) is 0 Å². The van der Waals surface area contributed by atoms with Crippen LogP contribution in [0.15, 0.2) is 41.1 Å². The third kappa shape index (κ3) is 2.45. The number of carbonyl (C=O) groups excluding carboxylic acids is 1. The molecule has 3 heterocycles. The van der Waals surface area contributed by atoms with Crippen LogP contribution in [0.1, 0.15) is 4.88 Å². The Morgan fingerprint density at radius 1 is 1.42 bits per heavy atom. The summed E-state index contributed by atoms with van der Waals surface area (Å²) in [6.07, 6.45) is 1.51. The van der Waals surface area contributed by atoms with E-state index in [1.165, 1.54) is 26.4 Å². The third-order valence-corrected chi connectivity index (χ3v) is 6.74. The molecule has 0 radical (unpaired) electrons. The number of aromatic nitrogens is 1. The Bertz CT molecular complexity index is 954. The molecule has 1 N–H and O–H groups in total. The Labute approximate surface area is 147 Å². The molecule has 24 heavy (non-hydrogen) atoms. The van der Waals surface area contributed by atoms with Crippen LogP contribution in [0.3, 0.4) is 0 Å². The van der Waals surface area contributed by atoms with Gasteiger partial charge in [-0.05, 0) is 18.2 Å². The molecule has 0 saturated carbocycles. The number of hydrogen-bond acceptors (Lipinski definition) is 6. The molecular weight excluding hydrogens is 374 g/mol. The Kier molecular flexibility index (Phi) is 4.02. The second-order valence-electron chi connectivity index (χ2n) is 4.97. The van der Waals surface area contributed by atoms with Crippen LogP contribution >= 0.6 is 22.9 Å². The first-order valence-corrected chi connectivity index (χ1v) is 9.29. The summed E-state index contributed by atoms with van der Waals surface area (Å²) < 4.78 is 26.1. The lowest BCUT2D eigenvalue weighted by atomic mass is 10.2. The van der Waals surface area contributed by atoms with Crippen LogP contribution in [-0.2, 0) is 14.8 Å². The molecule has 2 aromatic heterocycles. The lowest BCUT2D eigenvalue weighted by Crippen LogP contribution is -2.40. The van der Waals surface area contributed by atoms with Gasteiger partial charge in [0.15, 0.2) is 11.5 Å². The normalized spacial score (nSPS) is 16.0. The van der Waals surface area contributed by atoms with Crippen molar-refractivity contribution in [3.63, 3.8) is 0 Å². The van der Waals surface area contributed by atoms with Crippen LogP contribution in [0, 0.1) is 0 Å². The number of amides is 1. The Hall–Kier alpha value is -2.10. The summed E-state index contributed by atoms with van der Waals surface area (Å²) in [6, 6.07) is 6.24. The SMILES string of the molecule is CN(C(=O)C1=C(O)c2sc(Cl)cc2S(=O)(=O)N1C)c1ccccn1. The Morgan fingerprint density at radius 2 is 2.12 bits per heavy atom. The second kappa shape index (κ2) is 5.76. The number of fused-ring (bicyclic) bond motifs is 1. The van der Waals surface area contributed by atoms with E-state index in [0.29, 0.717) is 5.82 Å². The molecule has 0 fully saturated rings. The molecule has 1 aliphatic heterocycles. The van der Waals surface area contributed by atoms with E-state index in [9.17, 15) is 18.3 Å². The Morgan fingerprint density at radius 3 is 2.75 bits per heavy atom. The molecule has 0 saturated heterocycles. The number of anilines is 1. The summed E-state index contributed by atoms with van der Waals surface area (Å²) in [4.78, 5) is 17.9. The minimum atomic E-state index is -3.97. The van der Waals surface area contributed by atoms with Gasteiger partial charge in [-0.1, -0.05) is 17.7 Å². The highest BCUT2D eigenvalue weighted by Crippen LogP contribution is 2.42. The summed E-state index contributed by atoms with van der Waals surface area (Å²) in [6.45, 7) is 0. The topological polar surface area (TPSA) is 90.8 Å². The van der Waals surface area contributed by atoms with E-state index in [1.807, 2.05) is 0 Å². The zero-order valence-corrected chi connectivity index (χ0v) is 15.0. The molecule has 10 heteroatoms. The van der Waals surface area contributed by atoms with Crippen molar-refractivity contribution in [2.45, 2.75) is 4.90 Å². The largest absolute Gasteiger partial charge is 0.504 e. The monoisotopic (exact) mass is 385 g/mol. The van der Waals surface area contributed by atoms with Crippen LogP contribution in [0.2, 0.25) is 4.34 Å². The predicted molar refractivity (Wildman–Crippen MR) is 91.5 cm³/mol. The maximum absolute atomic E-state index is 12.8. The number of carbonyl (C=O) groups is 1. The first-order chi connectivity index (χ1) is 11.2. The smallest absolute Gasteiger partial charge is 0.280 e. The molecule has 0 aliphatic carbocycles. The van der Waals surface area contributed by atoms with Gasteiger partial charge in [-0.15, -0.1) is 11.3 Å². The number of halogens is 1. The van der Waals surface area contributed by atoms with E-state index < -0.39 is 21.7 Å². The summed E-state index contributed by atoms with van der Waals surface area (Å²) in [5.41, 5.74) is -0.353. The summed E-state index contributed by atoms with van der Waals surface area (Å²) in [5.74, 6) is -0.803. The lowest BCUT2D eigenvalue weighted by Gasteiger charge is -2.29. The average Bonchev–Trinajstić information content (AvgIpc) is 2.97. The summed E-state index contributed by atoms with van der Waals surface area (Å²) in [5, 5.41) is 10.5. The molecule has 0 spiro atoms. The molecule has 1 aliphatic rings. The van der Waals surface area contributed by atoms with Gasteiger partial charge in [0.2, 0.25) is 0 Å². The fourth-order valence-corrected chi connectivity index (χ4v) is 5.22. The number of nitrogens with zero attached hydrogens (tertiary/aromatic N) is 3. The van der Waals surface area contributed by atoms with Gasteiger partial charge < -0.3 is 5.11 Å². The number of hydrogen-bond donors (Lipinski definition) is 1. The lowest BCUT2D eigenvalue weighted by molar-refractivity contribution is -0.115. The van der Waals surface area contributed by atoms with Crippen molar-refractivity contribution < 1.29 is 18.3 Å². The molecule has 0 atom stereocenters. The van der Waals surface area contributed by atoms with Crippen molar-refractivity contribution in [1.29, 1.82) is 0 Å². The highest BCUT2D eigenvalue weighted by atomic mass is 35.5. The molecule has 0 bridgehead atoms. The first-order valence-electron chi connectivity index (χ1n) is 6.66. The van der Waals surface area contributed by atoms with E-state index in [-0.39, 0.29) is 19.8 Å². The van der Waals surface area contributed by atoms with E-state index in [0.717, 1.165) is 20.5 Å². The summed E-state index contributed by atoms with van der Waals surface area (Å²) in [7, 11) is -1.31. The van der Waals surface area contributed by atoms with E-state index >= 15 is 0 Å². The number of rotatable bonds is 2. The Balaban J connectivity index is 2.14. The van der Waals surface area contributed by atoms with Crippen molar-refractivity contribution in [3.05, 3.63) is 45.4 Å². The van der Waals surface area contributed by atoms with Crippen molar-refractivity contribution in [2.75, 3.05) is 19.0 Å². The zero-order valence-electron chi connectivity index (χ0n) is 12.6. The van der Waals surface area contributed by atoms with Crippen molar-refractivity contribution in [3.8, 4) is 0 Å². The van der Waals surface area contributed by atoms with Crippen LogP contribution in [0.4, 0.5) is 5.82 Å². The van der Waals surface area contributed by atoms with Crippen molar-refractivity contribution >= 4 is 50.4 Å². The second-order valence-corrected chi connectivity index (χ2v) is 8.59. The van der Waals surface area contributed by atoms with Crippen molar-refractivity contribution in [1.82, 2.24) is 9.29 Å². The number of thiophene rings is 1. The molecule has 3 rings (SSSR count). The van der Waals surface area contributed by atoms with Gasteiger partial charge in [0.25, 0.3) is 15.9 Å². The number of pyridine rings is 1. The van der Waals surface area contributed by atoms with Crippen LogP contribution < -0.4 is 4.90 Å². The highest BCUT2D eigenvalue weighted by molar-refractivity contribution is 7.89. The van der Waals surface area contributed by atoms with E-state index in [1.54, 1.807) is 18.2 Å². The first kappa shape index (κ1) is 16.7. The molecular formula is C14H12ClN3O4S2. The number of sulfonamides is 1. The zero-order chi connectivity index (χ0) is 17.6. The highest BCUT2D eigenvalue weighted by Gasteiger charge is 2.40. The third-order valence-electron chi connectivity index (χ3n) is 3.56. The molecule has 7 nitrogen and oxygen atoms in total. The van der Waals surface area contributed by atoms with Gasteiger partial charge in [-0.25, -0.2) is 13.4 Å². The van der Waals surface area contributed by atoms with Crippen LogP contribution in [-0.4, -0.2) is 42.8 Å². The van der Waals surface area contributed by atoms with Gasteiger partial charge >= 0.3 is 0 Å². The van der Waals surface area contributed by atoms with E-state index in [2.05, 4.69) is 4.98 Å². The van der Waals surface area contributed by atoms with Gasteiger partial charge in [-0.2, -0.15) is 0 Å². The number of aliphatic hydroxyl groups is 1. The average molecular weight is 386 g/mol. The molecule has 126 valence electrons. The van der Waals surface area contributed by atoms with E-state index in [4.69, 9.17) is 11.6 Å². The number of aliphatic hydroxyl groups excluding tert-OH is 1. The molecule has 1 amide bonds. The van der Waals surface area contributed by atoms with Gasteiger partial charge in [0, 0.05) is 20.3 Å². The van der Waals surface area contributed by atoms with Crippen LogP contribution in [0.25, 0.3) is 5.76 Å². The van der Waals surface area contributed by atoms with Gasteiger partial charge in [0.05, 0.1) is 9.21 Å². The van der Waals surface area contributed by atoms with Crippen LogP contribution in [0.5, 0.6) is 0 Å². The fraction of sp³-hybridized carbons (Fsp3) is 0.143. The maximum atomic E-state index is 12.8. The van der Waals surface area contributed by atoms with Gasteiger partial charge in [-0.3, -0.25) is 14.0 Å². The molecule has 2 aromatic rings. The minimum Gasteiger partial charge on any atom is -0.504 e. The molecule has 0 aromatic carbocycles. The van der Waals surface area contributed by atoms with Gasteiger partial charge in [0.1, 0.15) is 10.7 Å². The summed E-state index contributed by atoms with van der Waals surface area (Å²) >= 11 is 6.77. The quantitative estimate of drug-likeness (QED) is 0.856. The molecule has 0 unspecified atom stereocenters. The standard InChI is InChI=1S/C14H12ClN3O4S2/c1-17(10-5-3-4-6-16-10)14(20)11-12(19)13-8(7-9(15)23-13)24(21,22)18(11)2/h3-7,19H,1-2H3.